The van der Waals surface area contributed by atoms with E-state index in [2.05, 4.69) is 0 Å². The Kier molecular flexibility index (Phi) is 3.64. The third kappa shape index (κ3) is 2.63. The molecule has 2 aromatic carbocycles. The molecule has 0 radical (unpaired) electrons. The topological polar surface area (TPSA) is 61.2 Å². The number of aromatic nitrogens is 1. The van der Waals surface area contributed by atoms with Crippen LogP contribution in [0.1, 0.15) is 0 Å². The molecule has 0 fully saturated rings. The largest absolute Gasteiger partial charge is 0.424 e. The van der Waals surface area contributed by atoms with Gasteiger partial charge >= 0.3 is 5.76 Å². The summed E-state index contributed by atoms with van der Waals surface area (Å²) in [4.78, 5) is 12.8. The first-order chi connectivity index (χ1) is 10.2. The van der Waals surface area contributed by atoms with Crippen LogP contribution in [0.4, 0.5) is 4.39 Å². The molecule has 0 saturated carbocycles. The number of oxazole rings is 1. The Bertz CT molecular complexity index is 807. The van der Waals surface area contributed by atoms with Gasteiger partial charge in [0.1, 0.15) is 12.1 Å². The van der Waals surface area contributed by atoms with Gasteiger partial charge in [-0.15, -0.1) is 0 Å². The molecule has 0 aliphatic rings. The second kappa shape index (κ2) is 5.59. The molecule has 3 aromatic rings. The third-order valence-corrected chi connectivity index (χ3v) is 3.61. The highest BCUT2D eigenvalue weighted by molar-refractivity contribution is 7.97. The second-order valence-corrected chi connectivity index (χ2v) is 5.05. The lowest BCUT2D eigenvalue weighted by atomic mass is 10.1. The maximum absolute atomic E-state index is 13.0. The summed E-state index contributed by atoms with van der Waals surface area (Å²) in [5, 5.41) is 5.49. The summed E-state index contributed by atoms with van der Waals surface area (Å²) in [6.07, 6.45) is 1.39. The molecule has 3 rings (SSSR count). The van der Waals surface area contributed by atoms with Gasteiger partial charge in [-0.25, -0.2) is 13.8 Å². The van der Waals surface area contributed by atoms with E-state index < -0.39 is 5.76 Å². The minimum Gasteiger partial charge on any atom is -0.415 e. The summed E-state index contributed by atoms with van der Waals surface area (Å²) in [5.41, 5.74) is 1.95. The van der Waals surface area contributed by atoms with E-state index in [1.165, 1.54) is 35.1 Å². The SMILES string of the molecule is NSc1ccc(-c2coc(=O)n2-c2ccc(F)cc2)cc1. The van der Waals surface area contributed by atoms with Gasteiger partial charge in [0.15, 0.2) is 0 Å². The highest BCUT2D eigenvalue weighted by Crippen LogP contribution is 2.24. The van der Waals surface area contributed by atoms with Gasteiger partial charge in [0.25, 0.3) is 0 Å². The van der Waals surface area contributed by atoms with Crippen LogP contribution >= 0.6 is 11.9 Å². The lowest BCUT2D eigenvalue weighted by Gasteiger charge is -2.06. The van der Waals surface area contributed by atoms with E-state index in [-0.39, 0.29) is 5.82 Å². The second-order valence-electron chi connectivity index (χ2n) is 4.34. The summed E-state index contributed by atoms with van der Waals surface area (Å²) >= 11 is 1.15. The average Bonchev–Trinajstić information content (AvgIpc) is 2.90. The molecular formula is C15H11FN2O2S. The van der Waals surface area contributed by atoms with Crippen LogP contribution in [0.5, 0.6) is 0 Å². The maximum Gasteiger partial charge on any atom is 0.424 e. The molecule has 2 N–H and O–H groups in total. The molecular weight excluding hydrogens is 291 g/mol. The van der Waals surface area contributed by atoms with Gasteiger partial charge in [-0.1, -0.05) is 12.1 Å². The Morgan fingerprint density at radius 3 is 2.33 bits per heavy atom. The summed E-state index contributed by atoms with van der Waals surface area (Å²) in [5.74, 6) is -0.880. The summed E-state index contributed by atoms with van der Waals surface area (Å²) < 4.78 is 19.4. The molecule has 0 bridgehead atoms. The standard InChI is InChI=1S/C15H11FN2O2S/c16-11-3-5-12(6-4-11)18-14(9-20-15(18)19)10-1-7-13(21-17)8-2-10/h1-9H,17H2. The fraction of sp³-hybridized carbons (Fsp3) is 0. The zero-order valence-electron chi connectivity index (χ0n) is 10.8. The maximum atomic E-state index is 13.0. The lowest BCUT2D eigenvalue weighted by molar-refractivity contribution is 0.504. The van der Waals surface area contributed by atoms with Crippen LogP contribution in [0.15, 0.2) is 68.9 Å². The lowest BCUT2D eigenvalue weighted by Crippen LogP contribution is -2.13. The van der Waals surface area contributed by atoms with Crippen molar-refractivity contribution in [3.8, 4) is 16.9 Å². The van der Waals surface area contributed by atoms with E-state index in [9.17, 15) is 9.18 Å². The first kappa shape index (κ1) is 13.7. The summed E-state index contributed by atoms with van der Waals surface area (Å²) in [6.45, 7) is 0. The molecule has 0 atom stereocenters. The van der Waals surface area contributed by atoms with Crippen LogP contribution in [0.3, 0.4) is 0 Å². The number of hydrogen-bond acceptors (Lipinski definition) is 4. The Labute approximate surface area is 124 Å². The predicted molar refractivity (Wildman–Crippen MR) is 79.7 cm³/mol. The number of nitrogens with zero attached hydrogens (tertiary/aromatic N) is 1. The normalized spacial score (nSPS) is 10.8. The van der Waals surface area contributed by atoms with E-state index in [0.29, 0.717) is 11.4 Å². The van der Waals surface area contributed by atoms with Crippen molar-refractivity contribution in [3.63, 3.8) is 0 Å². The van der Waals surface area contributed by atoms with Crippen LogP contribution in [0.25, 0.3) is 16.9 Å². The summed E-state index contributed by atoms with van der Waals surface area (Å²) in [7, 11) is 0. The number of nitrogens with two attached hydrogens (primary N) is 1. The Balaban J connectivity index is 2.11. The molecule has 0 aliphatic carbocycles. The van der Waals surface area contributed by atoms with Gasteiger partial charge in [0.05, 0.1) is 11.4 Å². The van der Waals surface area contributed by atoms with Crippen molar-refractivity contribution in [3.05, 3.63) is 71.2 Å². The highest BCUT2D eigenvalue weighted by Gasteiger charge is 2.12. The van der Waals surface area contributed by atoms with Crippen LogP contribution in [0.2, 0.25) is 0 Å². The van der Waals surface area contributed by atoms with Crippen LogP contribution in [-0.2, 0) is 0 Å². The van der Waals surface area contributed by atoms with E-state index in [0.717, 1.165) is 22.4 Å². The molecule has 106 valence electrons. The molecule has 0 saturated heterocycles. The van der Waals surface area contributed by atoms with E-state index in [4.69, 9.17) is 9.56 Å². The van der Waals surface area contributed by atoms with E-state index >= 15 is 0 Å². The van der Waals surface area contributed by atoms with Crippen molar-refractivity contribution in [2.45, 2.75) is 4.90 Å². The molecule has 0 unspecified atom stereocenters. The fourth-order valence-electron chi connectivity index (χ4n) is 2.05. The van der Waals surface area contributed by atoms with Crippen molar-refractivity contribution >= 4 is 11.9 Å². The average molecular weight is 302 g/mol. The molecule has 0 aliphatic heterocycles. The number of hydrogen-bond donors (Lipinski definition) is 1. The Morgan fingerprint density at radius 2 is 1.71 bits per heavy atom. The molecule has 0 amide bonds. The van der Waals surface area contributed by atoms with Crippen molar-refractivity contribution in [2.24, 2.45) is 5.14 Å². The minimum atomic E-state index is -0.520. The fourth-order valence-corrected chi connectivity index (χ4v) is 2.34. The monoisotopic (exact) mass is 302 g/mol. The minimum absolute atomic E-state index is 0.360. The molecule has 1 aromatic heterocycles. The zero-order valence-corrected chi connectivity index (χ0v) is 11.6. The van der Waals surface area contributed by atoms with E-state index in [1.54, 1.807) is 0 Å². The van der Waals surface area contributed by atoms with Crippen molar-refractivity contribution < 1.29 is 8.81 Å². The first-order valence-corrected chi connectivity index (χ1v) is 7.00. The van der Waals surface area contributed by atoms with Crippen LogP contribution in [-0.4, -0.2) is 4.57 Å². The highest BCUT2D eigenvalue weighted by atomic mass is 32.2. The van der Waals surface area contributed by atoms with Gasteiger partial charge in [-0.2, -0.15) is 0 Å². The van der Waals surface area contributed by atoms with Gasteiger partial charge in [-0.3, -0.25) is 5.14 Å². The zero-order chi connectivity index (χ0) is 14.8. The number of rotatable bonds is 3. The van der Waals surface area contributed by atoms with Crippen molar-refractivity contribution in [1.29, 1.82) is 0 Å². The molecule has 4 nitrogen and oxygen atoms in total. The Morgan fingerprint density at radius 1 is 1.05 bits per heavy atom. The van der Waals surface area contributed by atoms with Crippen molar-refractivity contribution in [2.75, 3.05) is 0 Å². The van der Waals surface area contributed by atoms with E-state index in [1.807, 2.05) is 24.3 Å². The smallest absolute Gasteiger partial charge is 0.415 e. The van der Waals surface area contributed by atoms with Gasteiger partial charge < -0.3 is 4.42 Å². The van der Waals surface area contributed by atoms with Crippen molar-refractivity contribution in [1.82, 2.24) is 4.57 Å². The third-order valence-electron chi connectivity index (χ3n) is 3.07. The molecule has 0 spiro atoms. The quantitative estimate of drug-likeness (QED) is 0.755. The summed E-state index contributed by atoms with van der Waals surface area (Å²) in [6, 6.07) is 13.1. The van der Waals surface area contributed by atoms with Gasteiger partial charge in [0, 0.05) is 10.5 Å². The van der Waals surface area contributed by atoms with Gasteiger partial charge in [-0.05, 0) is 48.3 Å². The van der Waals surface area contributed by atoms with Gasteiger partial charge in [0.2, 0.25) is 0 Å². The molecule has 6 heteroatoms. The number of benzene rings is 2. The molecule has 21 heavy (non-hydrogen) atoms. The first-order valence-electron chi connectivity index (χ1n) is 6.12. The Hall–Kier alpha value is -2.31. The van der Waals surface area contributed by atoms with Crippen LogP contribution in [0, 0.1) is 5.82 Å². The van der Waals surface area contributed by atoms with Crippen LogP contribution < -0.4 is 10.9 Å². The molecule has 1 heterocycles. The predicted octanol–water partition coefficient (Wildman–Crippen LogP) is 3.20. The number of halogens is 1.